The Kier molecular flexibility index (Phi) is 5.81. The number of hydrogen-bond acceptors (Lipinski definition) is 4. The second kappa shape index (κ2) is 7.83. The maximum Gasteiger partial charge on any atom is 0.193 e. The Bertz CT molecular complexity index is 815. The van der Waals surface area contributed by atoms with Crippen molar-refractivity contribution in [3.05, 3.63) is 54.1 Å². The smallest absolute Gasteiger partial charge is 0.193 e. The molecule has 0 fully saturated rings. The van der Waals surface area contributed by atoms with E-state index in [9.17, 15) is 8.42 Å². The minimum absolute atomic E-state index is 0.263. The molecule has 0 spiro atoms. The SMILES string of the molecule is Cc1cccc(NC(N)=NCCOc2ccc(S(C)(=O)=O)cc2)c1. The third kappa shape index (κ3) is 5.58. The normalized spacial score (nSPS) is 12.0. The van der Waals surface area contributed by atoms with Gasteiger partial charge in [0.2, 0.25) is 0 Å². The number of aryl methyl sites for hydroxylation is 1. The van der Waals surface area contributed by atoms with Crippen LogP contribution in [-0.4, -0.2) is 33.8 Å². The van der Waals surface area contributed by atoms with Gasteiger partial charge in [0.15, 0.2) is 15.8 Å². The summed E-state index contributed by atoms with van der Waals surface area (Å²) in [6.45, 7) is 2.73. The molecule has 0 atom stereocenters. The van der Waals surface area contributed by atoms with Gasteiger partial charge in [-0.1, -0.05) is 12.1 Å². The number of nitrogens with one attached hydrogen (secondary N) is 1. The van der Waals surface area contributed by atoms with Crippen LogP contribution in [0, 0.1) is 6.92 Å². The number of ether oxygens (including phenoxy) is 1. The topological polar surface area (TPSA) is 93.8 Å². The minimum Gasteiger partial charge on any atom is -0.492 e. The van der Waals surface area contributed by atoms with E-state index in [1.807, 2.05) is 31.2 Å². The molecular weight excluding hydrogens is 326 g/mol. The average molecular weight is 347 g/mol. The van der Waals surface area contributed by atoms with E-state index in [4.69, 9.17) is 10.5 Å². The summed E-state index contributed by atoms with van der Waals surface area (Å²) in [5, 5.41) is 3.01. The lowest BCUT2D eigenvalue weighted by molar-refractivity contribution is 0.328. The number of nitrogens with zero attached hydrogens (tertiary/aromatic N) is 1. The molecule has 0 saturated heterocycles. The first-order chi connectivity index (χ1) is 11.3. The molecule has 0 unspecified atom stereocenters. The average Bonchev–Trinajstić information content (AvgIpc) is 2.51. The Hall–Kier alpha value is -2.54. The first-order valence-corrected chi connectivity index (χ1v) is 9.30. The summed E-state index contributed by atoms with van der Waals surface area (Å²) in [6, 6.07) is 14.1. The van der Waals surface area contributed by atoms with Gasteiger partial charge in [-0.3, -0.25) is 0 Å². The van der Waals surface area contributed by atoms with Crippen LogP contribution in [-0.2, 0) is 9.84 Å². The van der Waals surface area contributed by atoms with Crippen molar-refractivity contribution in [3.8, 4) is 5.75 Å². The molecule has 0 heterocycles. The molecule has 0 aliphatic carbocycles. The standard InChI is InChI=1S/C17H21N3O3S/c1-13-4-3-5-14(12-13)20-17(18)19-10-11-23-15-6-8-16(9-7-15)24(2,21)22/h3-9,12H,10-11H2,1-2H3,(H3,18,19,20). The number of guanidine groups is 1. The monoisotopic (exact) mass is 347 g/mol. The Morgan fingerprint density at radius 3 is 2.54 bits per heavy atom. The molecule has 0 bridgehead atoms. The molecule has 6 nitrogen and oxygen atoms in total. The van der Waals surface area contributed by atoms with Gasteiger partial charge in [0.05, 0.1) is 11.4 Å². The van der Waals surface area contributed by atoms with E-state index in [0.717, 1.165) is 11.3 Å². The predicted molar refractivity (Wildman–Crippen MR) is 96.3 cm³/mol. The molecule has 0 radical (unpaired) electrons. The first-order valence-electron chi connectivity index (χ1n) is 7.41. The Labute approximate surface area is 142 Å². The Balaban J connectivity index is 1.81. The van der Waals surface area contributed by atoms with E-state index in [1.165, 1.54) is 18.4 Å². The highest BCUT2D eigenvalue weighted by Crippen LogP contribution is 2.15. The number of rotatable bonds is 6. The lowest BCUT2D eigenvalue weighted by Gasteiger charge is -2.07. The molecule has 2 aromatic rings. The highest BCUT2D eigenvalue weighted by Gasteiger charge is 2.06. The zero-order valence-electron chi connectivity index (χ0n) is 13.7. The van der Waals surface area contributed by atoms with Gasteiger partial charge in [-0.25, -0.2) is 13.4 Å². The first kappa shape index (κ1) is 17.8. The molecule has 24 heavy (non-hydrogen) atoms. The zero-order chi connectivity index (χ0) is 17.6. The lowest BCUT2D eigenvalue weighted by atomic mass is 10.2. The van der Waals surface area contributed by atoms with E-state index >= 15 is 0 Å². The van der Waals surface area contributed by atoms with Crippen LogP contribution in [0.5, 0.6) is 5.75 Å². The fourth-order valence-electron chi connectivity index (χ4n) is 2.02. The van der Waals surface area contributed by atoms with Crippen molar-refractivity contribution in [1.29, 1.82) is 0 Å². The van der Waals surface area contributed by atoms with E-state index in [0.29, 0.717) is 24.9 Å². The van der Waals surface area contributed by atoms with Crippen LogP contribution in [0.4, 0.5) is 5.69 Å². The summed E-state index contributed by atoms with van der Waals surface area (Å²) >= 11 is 0. The van der Waals surface area contributed by atoms with Gasteiger partial charge in [-0.2, -0.15) is 0 Å². The summed E-state index contributed by atoms with van der Waals surface area (Å²) in [4.78, 5) is 4.45. The van der Waals surface area contributed by atoms with Gasteiger partial charge in [0, 0.05) is 11.9 Å². The van der Waals surface area contributed by atoms with Crippen LogP contribution >= 0.6 is 0 Å². The number of sulfone groups is 1. The molecule has 0 amide bonds. The number of nitrogens with two attached hydrogens (primary N) is 1. The summed E-state index contributed by atoms with van der Waals surface area (Å²) in [6.07, 6.45) is 1.17. The van der Waals surface area contributed by atoms with Crippen molar-refractivity contribution >= 4 is 21.5 Å². The van der Waals surface area contributed by atoms with E-state index in [1.54, 1.807) is 12.1 Å². The minimum atomic E-state index is -3.19. The van der Waals surface area contributed by atoms with Gasteiger partial charge in [-0.05, 0) is 48.9 Å². The molecular formula is C17H21N3O3S. The summed E-state index contributed by atoms with van der Waals surface area (Å²) in [5.74, 6) is 0.902. The second-order valence-electron chi connectivity index (χ2n) is 5.35. The van der Waals surface area contributed by atoms with E-state index in [-0.39, 0.29) is 4.90 Å². The quantitative estimate of drug-likeness (QED) is 0.475. The molecule has 0 saturated carbocycles. The van der Waals surface area contributed by atoms with Crippen molar-refractivity contribution in [1.82, 2.24) is 0 Å². The molecule has 128 valence electrons. The van der Waals surface area contributed by atoms with Crippen molar-refractivity contribution in [2.75, 3.05) is 24.7 Å². The van der Waals surface area contributed by atoms with Crippen LogP contribution in [0.2, 0.25) is 0 Å². The third-order valence-corrected chi connectivity index (χ3v) is 4.31. The molecule has 0 aliphatic heterocycles. The van der Waals surface area contributed by atoms with Gasteiger partial charge >= 0.3 is 0 Å². The molecule has 3 N–H and O–H groups in total. The highest BCUT2D eigenvalue weighted by atomic mass is 32.2. The van der Waals surface area contributed by atoms with Gasteiger partial charge in [0.1, 0.15) is 12.4 Å². The number of aliphatic imine (C=N–C) groups is 1. The van der Waals surface area contributed by atoms with E-state index < -0.39 is 9.84 Å². The summed E-state index contributed by atoms with van der Waals surface area (Å²) < 4.78 is 28.3. The maximum atomic E-state index is 11.4. The zero-order valence-corrected chi connectivity index (χ0v) is 14.5. The molecule has 7 heteroatoms. The van der Waals surface area contributed by atoms with Crippen LogP contribution in [0.25, 0.3) is 0 Å². The van der Waals surface area contributed by atoms with Crippen LogP contribution in [0.15, 0.2) is 58.4 Å². The third-order valence-electron chi connectivity index (χ3n) is 3.18. The van der Waals surface area contributed by atoms with Gasteiger partial charge < -0.3 is 15.8 Å². The predicted octanol–water partition coefficient (Wildman–Crippen LogP) is 2.20. The number of benzene rings is 2. The molecule has 2 aromatic carbocycles. The number of anilines is 1. The van der Waals surface area contributed by atoms with Crippen LogP contribution < -0.4 is 15.8 Å². The Morgan fingerprint density at radius 1 is 1.21 bits per heavy atom. The largest absolute Gasteiger partial charge is 0.492 e. The summed E-state index contributed by atoms with van der Waals surface area (Å²) in [7, 11) is -3.19. The van der Waals surface area contributed by atoms with Crippen molar-refractivity contribution in [3.63, 3.8) is 0 Å². The molecule has 0 aliphatic rings. The molecule has 0 aromatic heterocycles. The van der Waals surface area contributed by atoms with Gasteiger partial charge in [0.25, 0.3) is 0 Å². The Morgan fingerprint density at radius 2 is 1.92 bits per heavy atom. The lowest BCUT2D eigenvalue weighted by Crippen LogP contribution is -2.23. The fraction of sp³-hybridized carbons (Fsp3) is 0.235. The number of hydrogen-bond donors (Lipinski definition) is 2. The maximum absolute atomic E-state index is 11.4. The van der Waals surface area contributed by atoms with Crippen LogP contribution in [0.3, 0.4) is 0 Å². The molecule has 2 rings (SSSR count). The second-order valence-corrected chi connectivity index (χ2v) is 7.37. The van der Waals surface area contributed by atoms with Crippen molar-refractivity contribution in [2.24, 2.45) is 10.7 Å². The van der Waals surface area contributed by atoms with Crippen molar-refractivity contribution in [2.45, 2.75) is 11.8 Å². The van der Waals surface area contributed by atoms with Gasteiger partial charge in [-0.15, -0.1) is 0 Å². The van der Waals surface area contributed by atoms with Crippen molar-refractivity contribution < 1.29 is 13.2 Å². The van der Waals surface area contributed by atoms with Crippen LogP contribution in [0.1, 0.15) is 5.56 Å². The highest BCUT2D eigenvalue weighted by molar-refractivity contribution is 7.90. The van der Waals surface area contributed by atoms with E-state index in [2.05, 4.69) is 10.3 Å². The fourth-order valence-corrected chi connectivity index (χ4v) is 2.65. The summed E-state index contributed by atoms with van der Waals surface area (Å²) in [5.41, 5.74) is 7.84.